The van der Waals surface area contributed by atoms with Gasteiger partial charge in [0.05, 0.1) is 17.9 Å². The molecule has 124 valence electrons. The number of thiophene rings is 1. The number of aliphatic hydroxyl groups is 1. The molecule has 1 atom stereocenters. The number of rotatable bonds is 6. The average Bonchev–Trinajstić information content (AvgIpc) is 3.08. The van der Waals surface area contributed by atoms with Crippen LogP contribution in [0.5, 0.6) is 0 Å². The number of hydrogen-bond donors (Lipinski definition) is 3. The highest BCUT2D eigenvalue weighted by molar-refractivity contribution is 7.08. The lowest BCUT2D eigenvalue weighted by Crippen LogP contribution is -2.40. The number of nitrogens with zero attached hydrogens (tertiary/aromatic N) is 1. The largest absolute Gasteiger partial charge is 0.384 e. The van der Waals surface area contributed by atoms with Crippen LogP contribution in [0, 0.1) is 0 Å². The maximum absolute atomic E-state index is 12.1. The molecule has 2 amide bonds. The molecule has 3 N–H and O–H groups in total. The van der Waals surface area contributed by atoms with E-state index in [4.69, 9.17) is 0 Å². The van der Waals surface area contributed by atoms with E-state index in [1.54, 1.807) is 6.92 Å². The Kier molecular flexibility index (Phi) is 5.63. The lowest BCUT2D eigenvalue weighted by Gasteiger charge is -2.24. The van der Waals surface area contributed by atoms with E-state index in [2.05, 4.69) is 22.5 Å². The molecule has 1 aromatic carbocycles. The van der Waals surface area contributed by atoms with Gasteiger partial charge in [-0.2, -0.15) is 11.3 Å². The van der Waals surface area contributed by atoms with E-state index in [0.717, 1.165) is 23.5 Å². The molecule has 2 rings (SSSR count). The second kappa shape index (κ2) is 7.48. The molecular formula is C17H23N3O2S. The molecule has 0 aliphatic heterocycles. The Morgan fingerprint density at radius 1 is 1.35 bits per heavy atom. The molecular weight excluding hydrogens is 310 g/mol. The maximum Gasteiger partial charge on any atom is 0.319 e. The van der Waals surface area contributed by atoms with E-state index < -0.39 is 5.60 Å². The van der Waals surface area contributed by atoms with Gasteiger partial charge < -0.3 is 20.6 Å². The number of hydrogen-bond acceptors (Lipinski definition) is 4. The predicted octanol–water partition coefficient (Wildman–Crippen LogP) is 3.23. The zero-order valence-corrected chi connectivity index (χ0v) is 14.5. The Labute approximate surface area is 140 Å². The van der Waals surface area contributed by atoms with Gasteiger partial charge in [0.25, 0.3) is 0 Å². The van der Waals surface area contributed by atoms with Crippen LogP contribution in [0.1, 0.15) is 19.4 Å². The van der Waals surface area contributed by atoms with Crippen molar-refractivity contribution in [3.63, 3.8) is 0 Å². The molecule has 0 spiro atoms. The fourth-order valence-electron chi connectivity index (χ4n) is 2.17. The van der Waals surface area contributed by atoms with Crippen LogP contribution in [0.25, 0.3) is 0 Å². The van der Waals surface area contributed by atoms with Gasteiger partial charge in [-0.25, -0.2) is 4.79 Å². The van der Waals surface area contributed by atoms with Crippen LogP contribution in [0.3, 0.4) is 0 Å². The summed E-state index contributed by atoms with van der Waals surface area (Å²) in [6.45, 7) is 4.72. The molecule has 0 aliphatic rings. The molecule has 5 nitrogen and oxygen atoms in total. The highest BCUT2D eigenvalue weighted by Gasteiger charge is 2.24. The number of anilines is 2. The SMILES string of the molecule is CCN(C)c1ccccc1NC(=O)NCC(C)(O)c1ccsc1. The standard InChI is InChI=1S/C17H23N3O2S/c1-4-20(3)15-8-6-5-7-14(15)19-16(21)18-12-17(2,22)13-9-10-23-11-13/h5-11,22H,4,12H2,1-3H3,(H2,18,19,21). The quantitative estimate of drug-likeness (QED) is 0.760. The van der Waals surface area contributed by atoms with Crippen molar-refractivity contribution in [2.24, 2.45) is 0 Å². The van der Waals surface area contributed by atoms with Crippen molar-refractivity contribution in [1.29, 1.82) is 0 Å². The highest BCUT2D eigenvalue weighted by atomic mass is 32.1. The van der Waals surface area contributed by atoms with E-state index in [-0.39, 0.29) is 12.6 Å². The highest BCUT2D eigenvalue weighted by Crippen LogP contribution is 2.25. The van der Waals surface area contributed by atoms with E-state index in [9.17, 15) is 9.90 Å². The second-order valence-corrected chi connectivity index (χ2v) is 6.40. The minimum Gasteiger partial charge on any atom is -0.384 e. The first-order chi connectivity index (χ1) is 10.9. The second-order valence-electron chi connectivity index (χ2n) is 5.62. The van der Waals surface area contributed by atoms with Crippen LogP contribution in [0.2, 0.25) is 0 Å². The zero-order valence-electron chi connectivity index (χ0n) is 13.7. The van der Waals surface area contributed by atoms with Crippen molar-refractivity contribution in [3.8, 4) is 0 Å². The molecule has 0 fully saturated rings. The van der Waals surface area contributed by atoms with Crippen molar-refractivity contribution in [2.75, 3.05) is 30.4 Å². The summed E-state index contributed by atoms with van der Waals surface area (Å²) in [5.41, 5.74) is 1.41. The summed E-state index contributed by atoms with van der Waals surface area (Å²) in [5.74, 6) is 0. The van der Waals surface area contributed by atoms with Crippen LogP contribution >= 0.6 is 11.3 Å². The van der Waals surface area contributed by atoms with Gasteiger partial charge in [-0.1, -0.05) is 12.1 Å². The number of amides is 2. The Hall–Kier alpha value is -2.05. The molecule has 1 aromatic heterocycles. The van der Waals surface area contributed by atoms with Crippen LogP contribution in [-0.2, 0) is 5.60 Å². The Morgan fingerprint density at radius 2 is 2.09 bits per heavy atom. The lowest BCUT2D eigenvalue weighted by molar-refractivity contribution is 0.0604. The van der Waals surface area contributed by atoms with Gasteiger partial charge in [0, 0.05) is 13.6 Å². The number of carbonyl (C=O) groups is 1. The summed E-state index contributed by atoms with van der Waals surface area (Å²) in [6.07, 6.45) is 0. The van der Waals surface area contributed by atoms with Crippen molar-refractivity contribution in [3.05, 3.63) is 46.7 Å². The van der Waals surface area contributed by atoms with Crippen LogP contribution < -0.4 is 15.5 Å². The van der Waals surface area contributed by atoms with Crippen molar-refractivity contribution >= 4 is 28.7 Å². The number of nitrogens with one attached hydrogen (secondary N) is 2. The monoisotopic (exact) mass is 333 g/mol. The first-order valence-electron chi connectivity index (χ1n) is 7.54. The summed E-state index contributed by atoms with van der Waals surface area (Å²) >= 11 is 1.52. The van der Waals surface area contributed by atoms with Crippen molar-refractivity contribution < 1.29 is 9.90 Å². The summed E-state index contributed by atoms with van der Waals surface area (Å²) in [4.78, 5) is 14.2. The molecule has 0 bridgehead atoms. The number of carbonyl (C=O) groups excluding carboxylic acids is 1. The third-order valence-electron chi connectivity index (χ3n) is 3.77. The normalized spacial score (nSPS) is 13.2. The molecule has 0 radical (unpaired) electrons. The first kappa shape index (κ1) is 17.3. The van der Waals surface area contributed by atoms with Gasteiger partial charge >= 0.3 is 6.03 Å². The zero-order chi connectivity index (χ0) is 16.9. The maximum atomic E-state index is 12.1. The third kappa shape index (κ3) is 4.46. The summed E-state index contributed by atoms with van der Waals surface area (Å²) < 4.78 is 0. The van der Waals surface area contributed by atoms with Gasteiger partial charge in [0.1, 0.15) is 5.60 Å². The Morgan fingerprint density at radius 3 is 2.74 bits per heavy atom. The summed E-state index contributed by atoms with van der Waals surface area (Å²) in [5, 5.41) is 19.8. The van der Waals surface area contributed by atoms with Gasteiger partial charge in [-0.05, 0) is 48.4 Å². The molecule has 1 heterocycles. The number of urea groups is 1. The molecule has 2 aromatic rings. The molecule has 6 heteroatoms. The number of benzene rings is 1. The van der Waals surface area contributed by atoms with Gasteiger partial charge in [-0.15, -0.1) is 0 Å². The predicted molar refractivity (Wildman–Crippen MR) is 96.3 cm³/mol. The fourth-order valence-corrected chi connectivity index (χ4v) is 2.96. The molecule has 23 heavy (non-hydrogen) atoms. The third-order valence-corrected chi connectivity index (χ3v) is 4.46. The summed E-state index contributed by atoms with van der Waals surface area (Å²) in [7, 11) is 1.97. The van der Waals surface area contributed by atoms with Crippen molar-refractivity contribution in [2.45, 2.75) is 19.4 Å². The Balaban J connectivity index is 1.98. The van der Waals surface area contributed by atoms with E-state index >= 15 is 0 Å². The minimum absolute atomic E-state index is 0.140. The molecule has 0 aliphatic carbocycles. The van der Waals surface area contributed by atoms with Gasteiger partial charge in [-0.3, -0.25) is 0 Å². The fraction of sp³-hybridized carbons (Fsp3) is 0.353. The average molecular weight is 333 g/mol. The van der Waals surface area contributed by atoms with Gasteiger partial charge in [0.15, 0.2) is 0 Å². The number of para-hydroxylation sites is 2. The minimum atomic E-state index is -1.09. The smallest absolute Gasteiger partial charge is 0.319 e. The van der Waals surface area contributed by atoms with Gasteiger partial charge in [0.2, 0.25) is 0 Å². The van der Waals surface area contributed by atoms with E-state index in [0.29, 0.717) is 0 Å². The van der Waals surface area contributed by atoms with Crippen LogP contribution in [0.4, 0.5) is 16.2 Å². The van der Waals surface area contributed by atoms with E-state index in [1.165, 1.54) is 11.3 Å². The molecule has 0 saturated heterocycles. The molecule has 1 unspecified atom stereocenters. The summed E-state index contributed by atoms with van der Waals surface area (Å²) in [6, 6.07) is 9.15. The Bertz CT molecular complexity index is 641. The topological polar surface area (TPSA) is 64.6 Å². The lowest BCUT2D eigenvalue weighted by atomic mass is 9.99. The van der Waals surface area contributed by atoms with Crippen LogP contribution in [0.15, 0.2) is 41.1 Å². The van der Waals surface area contributed by atoms with Crippen LogP contribution in [-0.4, -0.2) is 31.3 Å². The van der Waals surface area contributed by atoms with E-state index in [1.807, 2.05) is 48.1 Å². The molecule has 0 saturated carbocycles. The first-order valence-corrected chi connectivity index (χ1v) is 8.48. The van der Waals surface area contributed by atoms with Crippen molar-refractivity contribution in [1.82, 2.24) is 5.32 Å².